The zero-order valence-corrected chi connectivity index (χ0v) is 41.7. The van der Waals surface area contributed by atoms with Crippen molar-refractivity contribution in [2.75, 3.05) is 35.2 Å². The minimum atomic E-state index is -4.10. The summed E-state index contributed by atoms with van der Waals surface area (Å²) in [6.07, 6.45) is 0.352. The summed E-state index contributed by atoms with van der Waals surface area (Å²) in [5, 5.41) is 34.8. The van der Waals surface area contributed by atoms with Crippen molar-refractivity contribution in [2.45, 2.75) is 63.7 Å². The average Bonchev–Trinajstić information content (AvgIpc) is 3.37. The molecule has 0 aliphatic heterocycles. The lowest BCUT2D eigenvalue weighted by molar-refractivity contribution is -0.140. The first-order valence-corrected chi connectivity index (χ1v) is 25.3. The van der Waals surface area contributed by atoms with Crippen LogP contribution < -0.4 is 60.0 Å². The van der Waals surface area contributed by atoms with E-state index >= 15 is 0 Å². The van der Waals surface area contributed by atoms with Crippen LogP contribution in [-0.2, 0) is 50.9 Å². The lowest BCUT2D eigenvalue weighted by atomic mass is 10.1. The molecule has 16 N–H and O–H groups in total. The largest absolute Gasteiger partial charge is 0.545 e. The number of rotatable bonds is 26. The molecular weight excluding hydrogens is 1060 g/mol. The monoisotopic (exact) mass is 1100 g/mol. The summed E-state index contributed by atoms with van der Waals surface area (Å²) in [6.45, 7) is -0.197. The van der Waals surface area contributed by atoms with Gasteiger partial charge in [-0.1, -0.05) is 24.3 Å². The van der Waals surface area contributed by atoms with Crippen LogP contribution in [0, 0.1) is 0 Å². The van der Waals surface area contributed by atoms with Crippen LogP contribution in [0.3, 0.4) is 0 Å². The normalized spacial score (nSPS) is 12.5. The Morgan fingerprint density at radius 2 is 0.974 bits per heavy atom. The van der Waals surface area contributed by atoms with Crippen molar-refractivity contribution in [3.63, 3.8) is 0 Å². The number of halogens is 1. The smallest absolute Gasteiger partial charge is 0.480 e. The molecule has 0 saturated heterocycles. The van der Waals surface area contributed by atoms with Crippen LogP contribution in [0.2, 0.25) is 0 Å². The van der Waals surface area contributed by atoms with Gasteiger partial charge in [-0.25, -0.2) is 48.2 Å². The number of carboxylic acids is 2. The maximum atomic E-state index is 12.9. The van der Waals surface area contributed by atoms with Crippen LogP contribution in [-0.4, -0.2) is 123 Å². The van der Waals surface area contributed by atoms with Gasteiger partial charge in [0.25, 0.3) is 22.9 Å². The van der Waals surface area contributed by atoms with Crippen molar-refractivity contribution in [3.8, 4) is 0 Å². The number of fused-ring (bicyclic) bond motifs is 2. The molecule has 4 aromatic heterocycles. The zero-order chi connectivity index (χ0) is 55.8. The quantitative estimate of drug-likeness (QED) is 0.0311. The third kappa shape index (κ3) is 17.3. The Morgan fingerprint density at radius 1 is 0.597 bits per heavy atom. The lowest BCUT2D eigenvalue weighted by Crippen LogP contribution is -2.41. The number of aromatic nitrogens is 8. The van der Waals surface area contributed by atoms with Crippen molar-refractivity contribution in [1.82, 2.24) is 61.1 Å². The molecule has 4 heterocycles. The highest BCUT2D eigenvalue weighted by Crippen LogP contribution is 2.59. The summed E-state index contributed by atoms with van der Waals surface area (Å²) < 4.78 is 9.74. The zero-order valence-electron chi connectivity index (χ0n) is 40.0. The van der Waals surface area contributed by atoms with Gasteiger partial charge in [0.2, 0.25) is 23.7 Å². The van der Waals surface area contributed by atoms with Crippen LogP contribution in [0.15, 0.2) is 70.5 Å². The molecule has 0 fully saturated rings. The van der Waals surface area contributed by atoms with E-state index in [4.69, 9.17) is 37.3 Å². The van der Waals surface area contributed by atoms with Crippen LogP contribution in [0.25, 0.3) is 22.3 Å². The number of amides is 4. The number of carbonyl (C=O) groups is 8. The molecule has 4 amide bonds. The van der Waals surface area contributed by atoms with E-state index in [9.17, 15) is 58.2 Å². The van der Waals surface area contributed by atoms with Gasteiger partial charge in [0.15, 0.2) is 33.6 Å². The number of nitrogen functional groups attached to an aromatic ring is 2. The Bertz CT molecular complexity index is 3110. The number of benzene rings is 2. The molecular formula is C44H48ClN17O14P+. The van der Waals surface area contributed by atoms with Gasteiger partial charge in [0, 0.05) is 50.1 Å². The number of hydrogen-bond acceptors (Lipinski definition) is 23. The molecule has 0 aliphatic carbocycles. The molecule has 404 valence electrons. The van der Waals surface area contributed by atoms with E-state index < -0.39 is 90.8 Å². The summed E-state index contributed by atoms with van der Waals surface area (Å²) in [4.78, 5) is 152. The van der Waals surface area contributed by atoms with E-state index in [0.717, 1.165) is 0 Å². The number of nitrogens with zero attached hydrogens (tertiary/aromatic N) is 6. The number of aliphatic carboxylic acids is 2. The Kier molecular flexibility index (Phi) is 19.3. The second-order valence-electron chi connectivity index (χ2n) is 16.3. The fourth-order valence-electron chi connectivity index (χ4n) is 6.69. The molecule has 31 nitrogen and oxygen atoms in total. The second kappa shape index (κ2) is 26.1. The first-order valence-electron chi connectivity index (χ1n) is 22.7. The molecule has 0 bridgehead atoms. The average molecular weight is 1110 g/mol. The maximum absolute atomic E-state index is 12.9. The Balaban J connectivity index is 0.824. The molecule has 6 aromatic rings. The summed E-state index contributed by atoms with van der Waals surface area (Å²) in [5.41, 5.74) is 17.3. The van der Waals surface area contributed by atoms with Crippen molar-refractivity contribution in [1.29, 1.82) is 0 Å². The van der Waals surface area contributed by atoms with E-state index in [1.165, 1.54) is 36.7 Å². The van der Waals surface area contributed by atoms with Crippen molar-refractivity contribution in [3.05, 3.63) is 104 Å². The predicted octanol–water partition coefficient (Wildman–Crippen LogP) is -0.271. The number of nitrogens with two attached hydrogens (primary N) is 3. The number of aromatic amines is 2. The summed E-state index contributed by atoms with van der Waals surface area (Å²) >= 11 is 5.95. The minimum Gasteiger partial charge on any atom is -0.480 e. The first-order chi connectivity index (χ1) is 36.6. The van der Waals surface area contributed by atoms with Crippen molar-refractivity contribution >= 4 is 112 Å². The van der Waals surface area contributed by atoms with E-state index in [-0.39, 0.29) is 109 Å². The minimum absolute atomic E-state index is 0.0203. The molecule has 2 aromatic carbocycles. The van der Waals surface area contributed by atoms with E-state index in [1.807, 2.05) is 0 Å². The molecule has 0 radical (unpaired) electrons. The van der Waals surface area contributed by atoms with E-state index in [1.54, 1.807) is 24.3 Å². The Labute approximate surface area is 437 Å². The standard InChI is InChI=1S/C44H47ClN17O14P/c45-77(48,75-31(65)13-15-49-29(63)11-9-25(41(71)72)55-37(67)23-5-1-21(2-6-23)17-51-27-19-53-35-33(57-27)39(69)61-43(46)59-35)76-32(66)14-16-50-30(64)12-10-26(42(73)74)56-38(68)24-7-3-22(4-8-24)18-52-28-20-54-36-34(58-28)40(70)62-44(47)60-36/h1-8,19-20,25-26H,9-18,48H2,(H13-,46,47,49,50,51,52,53,54,55,56,57,58,59,60,61,62,63,64,67,68,69,70,71,72,73,74)/p+1. The van der Waals surface area contributed by atoms with Crippen LogP contribution >= 0.6 is 18.5 Å². The van der Waals surface area contributed by atoms with Crippen LogP contribution in [0.5, 0.6) is 0 Å². The molecule has 2 atom stereocenters. The molecule has 0 saturated carbocycles. The van der Waals surface area contributed by atoms with Gasteiger partial charge in [-0.2, -0.15) is 9.97 Å². The van der Waals surface area contributed by atoms with Crippen LogP contribution in [0.4, 0.5) is 23.5 Å². The summed E-state index contributed by atoms with van der Waals surface area (Å²) in [6, 6.07) is 9.30. The number of carboxylic acid groups (broad SMARTS) is 2. The highest BCUT2D eigenvalue weighted by molar-refractivity contribution is 7.90. The van der Waals surface area contributed by atoms with Gasteiger partial charge < -0.3 is 53.6 Å². The van der Waals surface area contributed by atoms with Gasteiger partial charge in [0.05, 0.1) is 25.2 Å². The van der Waals surface area contributed by atoms with Crippen molar-refractivity contribution < 1.29 is 57.6 Å². The molecule has 6 rings (SSSR count). The number of hydrogen-bond donors (Lipinski definition) is 13. The molecule has 77 heavy (non-hydrogen) atoms. The maximum Gasteiger partial charge on any atom is 0.545 e. The highest BCUT2D eigenvalue weighted by Gasteiger charge is 2.44. The predicted molar refractivity (Wildman–Crippen MR) is 273 cm³/mol. The molecule has 0 spiro atoms. The van der Waals surface area contributed by atoms with E-state index in [2.05, 4.69) is 71.8 Å². The Morgan fingerprint density at radius 3 is 1.34 bits per heavy atom. The topological polar surface area (TPSA) is 489 Å². The fourth-order valence-corrected chi connectivity index (χ4v) is 7.93. The second-order valence-corrected chi connectivity index (χ2v) is 19.1. The third-order valence-electron chi connectivity index (χ3n) is 10.5. The van der Waals surface area contributed by atoms with Crippen LogP contribution in [0.1, 0.15) is 70.4 Å². The van der Waals surface area contributed by atoms with E-state index in [0.29, 0.717) is 11.1 Å². The first kappa shape index (κ1) is 56.8. The highest BCUT2D eigenvalue weighted by atomic mass is 35.7. The summed E-state index contributed by atoms with van der Waals surface area (Å²) in [7, 11) is -4.10. The van der Waals surface area contributed by atoms with Gasteiger partial charge in [-0.15, -0.1) is 5.50 Å². The fraction of sp³-hybridized carbons (Fsp3) is 0.273. The number of carbonyl (C=O) groups excluding carboxylic acids is 6. The van der Waals surface area contributed by atoms with Gasteiger partial charge >= 0.3 is 31.1 Å². The van der Waals surface area contributed by atoms with Gasteiger partial charge in [-0.3, -0.25) is 38.7 Å². The van der Waals surface area contributed by atoms with Gasteiger partial charge in [-0.05, 0) is 48.2 Å². The number of nitrogens with one attached hydrogen (secondary N) is 8. The lowest BCUT2D eigenvalue weighted by Gasteiger charge is -2.15. The SMILES string of the molecule is Nc1nc2ncc(NCc3ccc(C(=O)NC(CCC(=O)NCCC(=O)O[P+](N)(Cl)OC(=O)CCNC(=O)CCC(NC(=O)c4ccc(CNc5cnc6nc(N)[nH]c(=O)c6n5)cc4)C(=O)O)C(=O)O)cc3)nc2c(=O)[nH]1. The van der Waals surface area contributed by atoms with Gasteiger partial charge in [0.1, 0.15) is 23.7 Å². The summed E-state index contributed by atoms with van der Waals surface area (Å²) in [5.74, 6) is -7.43. The number of H-pyrrole nitrogens is 2. The third-order valence-corrected chi connectivity index (χ3v) is 11.9. The molecule has 2 unspecified atom stereocenters. The number of anilines is 4. The Hall–Kier alpha value is -9.48. The molecule has 0 aliphatic rings. The van der Waals surface area contributed by atoms with Crippen molar-refractivity contribution in [2.24, 2.45) is 5.50 Å². The molecule has 33 heteroatoms.